The predicted octanol–water partition coefficient (Wildman–Crippen LogP) is 1.60. The van der Waals surface area contributed by atoms with E-state index in [4.69, 9.17) is 9.47 Å². The van der Waals surface area contributed by atoms with Crippen molar-refractivity contribution in [2.24, 2.45) is 0 Å². The molecule has 1 aromatic carbocycles. The molecule has 0 spiro atoms. The zero-order valence-corrected chi connectivity index (χ0v) is 12.1. The molecule has 0 aliphatic heterocycles. The SMILES string of the molecule is CCn1ncnc1CNCc1ccc(OC)c(OC)c1. The fraction of sp³-hybridized carbons (Fsp3) is 0.429. The number of nitrogens with one attached hydrogen (secondary N) is 1. The summed E-state index contributed by atoms with van der Waals surface area (Å²) in [6.45, 7) is 4.29. The Labute approximate surface area is 118 Å². The van der Waals surface area contributed by atoms with Crippen molar-refractivity contribution in [3.8, 4) is 11.5 Å². The van der Waals surface area contributed by atoms with E-state index in [1.165, 1.54) is 0 Å². The molecule has 0 atom stereocenters. The van der Waals surface area contributed by atoms with Crippen LogP contribution in [-0.4, -0.2) is 29.0 Å². The minimum absolute atomic E-state index is 0.683. The fourth-order valence-electron chi connectivity index (χ4n) is 2.00. The lowest BCUT2D eigenvalue weighted by Gasteiger charge is -2.10. The van der Waals surface area contributed by atoms with Gasteiger partial charge in [-0.1, -0.05) is 6.07 Å². The molecule has 0 aliphatic carbocycles. The van der Waals surface area contributed by atoms with E-state index in [0.717, 1.165) is 36.0 Å². The van der Waals surface area contributed by atoms with E-state index in [1.807, 2.05) is 29.8 Å². The standard InChI is InChI=1S/C14H20N4O2/c1-4-18-14(16-10-17-18)9-15-8-11-5-6-12(19-2)13(7-11)20-3/h5-7,10,15H,4,8-9H2,1-3H3. The Morgan fingerprint density at radius 1 is 1.15 bits per heavy atom. The Morgan fingerprint density at radius 2 is 1.95 bits per heavy atom. The first kappa shape index (κ1) is 14.3. The average Bonchev–Trinajstić information content (AvgIpc) is 2.94. The molecule has 108 valence electrons. The highest BCUT2D eigenvalue weighted by Gasteiger charge is 2.05. The topological polar surface area (TPSA) is 61.2 Å². The monoisotopic (exact) mass is 276 g/mol. The summed E-state index contributed by atoms with van der Waals surface area (Å²) in [6.07, 6.45) is 1.58. The Balaban J connectivity index is 1.94. The normalized spacial score (nSPS) is 10.6. The van der Waals surface area contributed by atoms with Crippen molar-refractivity contribution in [3.05, 3.63) is 35.9 Å². The summed E-state index contributed by atoms with van der Waals surface area (Å²) < 4.78 is 12.4. The average molecular weight is 276 g/mol. The first-order chi connectivity index (χ1) is 9.78. The number of aromatic nitrogens is 3. The van der Waals surface area contributed by atoms with Crippen LogP contribution in [-0.2, 0) is 19.6 Å². The van der Waals surface area contributed by atoms with Crippen LogP contribution >= 0.6 is 0 Å². The highest BCUT2D eigenvalue weighted by Crippen LogP contribution is 2.27. The van der Waals surface area contributed by atoms with E-state index in [1.54, 1.807) is 20.5 Å². The van der Waals surface area contributed by atoms with E-state index in [-0.39, 0.29) is 0 Å². The van der Waals surface area contributed by atoms with Gasteiger partial charge >= 0.3 is 0 Å². The third kappa shape index (κ3) is 3.27. The molecule has 6 nitrogen and oxygen atoms in total. The zero-order chi connectivity index (χ0) is 14.4. The molecule has 0 amide bonds. The Hall–Kier alpha value is -2.08. The first-order valence-corrected chi connectivity index (χ1v) is 6.56. The summed E-state index contributed by atoms with van der Waals surface area (Å²) in [5.74, 6) is 2.42. The van der Waals surface area contributed by atoms with Gasteiger partial charge in [-0.25, -0.2) is 9.67 Å². The van der Waals surface area contributed by atoms with E-state index >= 15 is 0 Å². The second-order valence-corrected chi connectivity index (χ2v) is 4.28. The summed E-state index contributed by atoms with van der Waals surface area (Å²) in [6, 6.07) is 5.89. The van der Waals surface area contributed by atoms with Crippen LogP contribution in [0.1, 0.15) is 18.3 Å². The molecule has 0 radical (unpaired) electrons. The molecule has 2 aromatic rings. The summed E-state index contributed by atoms with van der Waals surface area (Å²) in [7, 11) is 3.27. The molecule has 1 N–H and O–H groups in total. The molecule has 0 aliphatic rings. The quantitative estimate of drug-likeness (QED) is 0.832. The maximum atomic E-state index is 5.29. The van der Waals surface area contributed by atoms with Crippen molar-refractivity contribution in [2.45, 2.75) is 26.6 Å². The summed E-state index contributed by atoms with van der Waals surface area (Å²) in [5, 5.41) is 7.49. The number of nitrogens with zero attached hydrogens (tertiary/aromatic N) is 3. The predicted molar refractivity (Wildman–Crippen MR) is 75.8 cm³/mol. The van der Waals surface area contributed by atoms with Crippen LogP contribution in [0.25, 0.3) is 0 Å². The highest BCUT2D eigenvalue weighted by atomic mass is 16.5. The maximum Gasteiger partial charge on any atom is 0.161 e. The number of rotatable bonds is 7. The van der Waals surface area contributed by atoms with E-state index in [0.29, 0.717) is 6.54 Å². The smallest absolute Gasteiger partial charge is 0.161 e. The van der Waals surface area contributed by atoms with Crippen LogP contribution in [0.4, 0.5) is 0 Å². The number of benzene rings is 1. The summed E-state index contributed by atoms with van der Waals surface area (Å²) >= 11 is 0. The van der Waals surface area contributed by atoms with Gasteiger partial charge in [0.15, 0.2) is 11.5 Å². The van der Waals surface area contributed by atoms with Gasteiger partial charge in [-0.3, -0.25) is 0 Å². The molecule has 0 saturated carbocycles. The van der Waals surface area contributed by atoms with Gasteiger partial charge in [0.2, 0.25) is 0 Å². The van der Waals surface area contributed by atoms with E-state index in [2.05, 4.69) is 15.4 Å². The molecule has 6 heteroatoms. The van der Waals surface area contributed by atoms with E-state index < -0.39 is 0 Å². The Kier molecular flexibility index (Phi) is 4.95. The molecule has 20 heavy (non-hydrogen) atoms. The largest absolute Gasteiger partial charge is 0.493 e. The second kappa shape index (κ2) is 6.91. The lowest BCUT2D eigenvalue weighted by molar-refractivity contribution is 0.354. The number of hydrogen-bond acceptors (Lipinski definition) is 5. The van der Waals surface area contributed by atoms with Crippen molar-refractivity contribution >= 4 is 0 Å². The highest BCUT2D eigenvalue weighted by molar-refractivity contribution is 5.42. The van der Waals surface area contributed by atoms with Gasteiger partial charge in [0, 0.05) is 13.1 Å². The van der Waals surface area contributed by atoms with Gasteiger partial charge in [-0.05, 0) is 24.6 Å². The van der Waals surface area contributed by atoms with E-state index in [9.17, 15) is 0 Å². The maximum absolute atomic E-state index is 5.29. The first-order valence-electron chi connectivity index (χ1n) is 6.56. The number of aryl methyl sites for hydroxylation is 1. The van der Waals surface area contributed by atoms with Crippen LogP contribution in [0, 0.1) is 0 Å². The van der Waals surface area contributed by atoms with Crippen LogP contribution in [0.5, 0.6) is 11.5 Å². The lowest BCUT2D eigenvalue weighted by Crippen LogP contribution is -2.17. The minimum Gasteiger partial charge on any atom is -0.493 e. The van der Waals surface area contributed by atoms with Gasteiger partial charge in [0.1, 0.15) is 12.2 Å². The zero-order valence-electron chi connectivity index (χ0n) is 12.1. The van der Waals surface area contributed by atoms with Crippen molar-refractivity contribution in [1.29, 1.82) is 0 Å². The Bertz CT molecular complexity index is 554. The second-order valence-electron chi connectivity index (χ2n) is 4.28. The fourth-order valence-corrected chi connectivity index (χ4v) is 2.00. The summed E-state index contributed by atoms with van der Waals surface area (Å²) in [4.78, 5) is 4.22. The number of ether oxygens (including phenoxy) is 2. The van der Waals surface area contributed by atoms with Crippen molar-refractivity contribution in [2.75, 3.05) is 14.2 Å². The van der Waals surface area contributed by atoms with Gasteiger partial charge < -0.3 is 14.8 Å². The molecule has 0 bridgehead atoms. The van der Waals surface area contributed by atoms with Gasteiger partial charge in [0.25, 0.3) is 0 Å². The molecular weight excluding hydrogens is 256 g/mol. The van der Waals surface area contributed by atoms with Crippen molar-refractivity contribution in [1.82, 2.24) is 20.1 Å². The number of hydrogen-bond donors (Lipinski definition) is 1. The molecule has 1 aromatic heterocycles. The molecule has 2 rings (SSSR count). The Morgan fingerprint density at radius 3 is 2.65 bits per heavy atom. The van der Waals surface area contributed by atoms with Crippen LogP contribution in [0.2, 0.25) is 0 Å². The molecule has 0 fully saturated rings. The molecule has 0 saturated heterocycles. The third-order valence-corrected chi connectivity index (χ3v) is 3.06. The van der Waals surface area contributed by atoms with Crippen molar-refractivity contribution < 1.29 is 9.47 Å². The van der Waals surface area contributed by atoms with Crippen molar-refractivity contribution in [3.63, 3.8) is 0 Å². The molecule has 1 heterocycles. The molecular formula is C14H20N4O2. The van der Waals surface area contributed by atoms with Gasteiger partial charge in [-0.2, -0.15) is 5.10 Å². The summed E-state index contributed by atoms with van der Waals surface area (Å²) in [5.41, 5.74) is 1.13. The van der Waals surface area contributed by atoms with Gasteiger partial charge in [-0.15, -0.1) is 0 Å². The van der Waals surface area contributed by atoms with Crippen LogP contribution in [0.15, 0.2) is 24.5 Å². The third-order valence-electron chi connectivity index (χ3n) is 3.06. The van der Waals surface area contributed by atoms with Crippen LogP contribution < -0.4 is 14.8 Å². The molecule has 0 unspecified atom stereocenters. The number of methoxy groups -OCH3 is 2. The van der Waals surface area contributed by atoms with Gasteiger partial charge in [0.05, 0.1) is 20.8 Å². The lowest BCUT2D eigenvalue weighted by atomic mass is 10.2. The minimum atomic E-state index is 0.683. The van der Waals surface area contributed by atoms with Crippen LogP contribution in [0.3, 0.4) is 0 Å².